The quantitative estimate of drug-likeness (QED) is 0.864. The second-order valence-electron chi connectivity index (χ2n) is 3.97. The van der Waals surface area contributed by atoms with Crippen LogP contribution in [0.1, 0.15) is 17.7 Å². The minimum Gasteiger partial charge on any atom is -0.301 e. The average molecular weight is 317 g/mol. The number of halogens is 1. The lowest BCUT2D eigenvalue weighted by molar-refractivity contribution is -0.148. The first kappa shape index (κ1) is 12.7. The van der Waals surface area contributed by atoms with E-state index < -0.39 is 0 Å². The van der Waals surface area contributed by atoms with E-state index in [1.54, 1.807) is 18.4 Å². The van der Waals surface area contributed by atoms with Crippen LogP contribution in [0.4, 0.5) is 0 Å². The number of amides is 2. The van der Waals surface area contributed by atoms with Crippen molar-refractivity contribution in [2.24, 2.45) is 0 Å². The number of nitrogens with zero attached hydrogens (tertiary/aromatic N) is 1. The molecule has 1 atom stereocenters. The second kappa shape index (κ2) is 5.29. The summed E-state index contributed by atoms with van der Waals surface area (Å²) in [5.74, 6) is -0.219. The van der Waals surface area contributed by atoms with Crippen LogP contribution in [0.15, 0.2) is 15.9 Å². The van der Waals surface area contributed by atoms with E-state index >= 15 is 0 Å². The van der Waals surface area contributed by atoms with Gasteiger partial charge in [-0.3, -0.25) is 14.5 Å². The molecule has 6 heteroatoms. The molecule has 0 aromatic carbocycles. The molecule has 0 radical (unpaired) electrons. The lowest BCUT2D eigenvalue weighted by atomic mass is 10.0. The van der Waals surface area contributed by atoms with E-state index in [0.717, 1.165) is 3.79 Å². The van der Waals surface area contributed by atoms with Gasteiger partial charge in [0.05, 0.1) is 9.83 Å². The van der Waals surface area contributed by atoms with Crippen LogP contribution in [0.3, 0.4) is 0 Å². The standard InChI is InChI=1S/C11H13BrN2O2S/c1-14-10(15)5-3-8(11(14)16)13-6-7-2-4-9(12)17-7/h2,4,8,13H,3,5-6H2,1H3. The predicted octanol–water partition coefficient (Wildman–Crippen LogP) is 1.75. The highest BCUT2D eigenvalue weighted by Crippen LogP contribution is 2.22. The number of piperidine rings is 1. The Hall–Kier alpha value is -0.720. The largest absolute Gasteiger partial charge is 0.301 e. The molecule has 17 heavy (non-hydrogen) atoms. The van der Waals surface area contributed by atoms with E-state index in [4.69, 9.17) is 0 Å². The number of likely N-dealkylation sites (tertiary alicyclic amines) is 1. The fourth-order valence-corrected chi connectivity index (χ4v) is 3.21. The van der Waals surface area contributed by atoms with Gasteiger partial charge in [0, 0.05) is 24.9 Å². The normalized spacial score (nSPS) is 21.1. The summed E-state index contributed by atoms with van der Waals surface area (Å²) in [6.45, 7) is 0.661. The fourth-order valence-electron chi connectivity index (χ4n) is 1.78. The van der Waals surface area contributed by atoms with Gasteiger partial charge in [-0.05, 0) is 34.5 Å². The van der Waals surface area contributed by atoms with Gasteiger partial charge in [0.2, 0.25) is 11.8 Å². The smallest absolute Gasteiger partial charge is 0.246 e. The van der Waals surface area contributed by atoms with E-state index in [1.807, 2.05) is 12.1 Å². The molecule has 0 spiro atoms. The Morgan fingerprint density at radius 1 is 1.53 bits per heavy atom. The summed E-state index contributed by atoms with van der Waals surface area (Å²) in [6.07, 6.45) is 1.03. The van der Waals surface area contributed by atoms with Crippen LogP contribution in [0.5, 0.6) is 0 Å². The van der Waals surface area contributed by atoms with Crippen LogP contribution in [0.25, 0.3) is 0 Å². The molecule has 0 saturated carbocycles. The van der Waals surface area contributed by atoms with Crippen molar-refractivity contribution in [3.05, 3.63) is 20.8 Å². The van der Waals surface area contributed by atoms with Gasteiger partial charge in [-0.15, -0.1) is 11.3 Å². The van der Waals surface area contributed by atoms with Crippen LogP contribution in [0.2, 0.25) is 0 Å². The summed E-state index contributed by atoms with van der Waals surface area (Å²) in [5.41, 5.74) is 0. The third kappa shape index (κ3) is 2.94. The third-order valence-corrected chi connectivity index (χ3v) is 4.42. The molecule has 92 valence electrons. The Morgan fingerprint density at radius 2 is 2.29 bits per heavy atom. The Kier molecular flexibility index (Phi) is 3.96. The van der Waals surface area contributed by atoms with Crippen LogP contribution >= 0.6 is 27.3 Å². The Bertz CT molecular complexity index is 446. The minimum atomic E-state index is -0.237. The van der Waals surface area contributed by atoms with E-state index in [1.165, 1.54) is 9.78 Å². The number of carbonyl (C=O) groups is 2. The molecule has 1 saturated heterocycles. The van der Waals surface area contributed by atoms with Crippen molar-refractivity contribution in [1.82, 2.24) is 10.2 Å². The molecule has 1 unspecified atom stereocenters. The molecule has 2 amide bonds. The molecule has 0 bridgehead atoms. The highest BCUT2D eigenvalue weighted by atomic mass is 79.9. The Balaban J connectivity index is 1.91. The van der Waals surface area contributed by atoms with Gasteiger partial charge >= 0.3 is 0 Å². The molecule has 1 fully saturated rings. The number of likely N-dealkylation sites (N-methyl/N-ethyl adjacent to an activating group) is 1. The first-order chi connectivity index (χ1) is 8.08. The lowest BCUT2D eigenvalue weighted by Crippen LogP contribution is -2.51. The van der Waals surface area contributed by atoms with Crippen molar-refractivity contribution in [2.45, 2.75) is 25.4 Å². The number of hydrogen-bond donors (Lipinski definition) is 1. The molecule has 1 N–H and O–H groups in total. The van der Waals surface area contributed by atoms with Crippen molar-refractivity contribution < 1.29 is 9.59 Å². The molecular weight excluding hydrogens is 304 g/mol. The Morgan fingerprint density at radius 3 is 2.94 bits per heavy atom. The summed E-state index contributed by atoms with van der Waals surface area (Å²) in [5, 5.41) is 3.20. The summed E-state index contributed by atoms with van der Waals surface area (Å²) >= 11 is 5.04. The molecular formula is C11H13BrN2O2S. The maximum Gasteiger partial charge on any atom is 0.246 e. The van der Waals surface area contributed by atoms with Gasteiger partial charge in [-0.1, -0.05) is 0 Å². The van der Waals surface area contributed by atoms with Gasteiger partial charge < -0.3 is 5.32 Å². The van der Waals surface area contributed by atoms with E-state index in [0.29, 0.717) is 19.4 Å². The highest BCUT2D eigenvalue weighted by Gasteiger charge is 2.31. The maximum absolute atomic E-state index is 11.8. The van der Waals surface area contributed by atoms with Crippen molar-refractivity contribution in [1.29, 1.82) is 0 Å². The monoisotopic (exact) mass is 316 g/mol. The number of rotatable bonds is 3. The van der Waals surface area contributed by atoms with Crippen LogP contribution < -0.4 is 5.32 Å². The molecule has 4 nitrogen and oxygen atoms in total. The highest BCUT2D eigenvalue weighted by molar-refractivity contribution is 9.11. The predicted molar refractivity (Wildman–Crippen MR) is 69.7 cm³/mol. The average Bonchev–Trinajstić information content (AvgIpc) is 2.71. The SMILES string of the molecule is CN1C(=O)CCC(NCc2ccc(Br)s2)C1=O. The topological polar surface area (TPSA) is 49.4 Å². The third-order valence-electron chi connectivity index (χ3n) is 2.80. The summed E-state index contributed by atoms with van der Waals surface area (Å²) in [7, 11) is 1.54. The van der Waals surface area contributed by atoms with E-state index in [-0.39, 0.29) is 17.9 Å². The van der Waals surface area contributed by atoms with E-state index in [2.05, 4.69) is 21.2 Å². The van der Waals surface area contributed by atoms with Gasteiger partial charge in [0.25, 0.3) is 0 Å². The first-order valence-electron chi connectivity index (χ1n) is 5.36. The molecule has 2 rings (SSSR count). The first-order valence-corrected chi connectivity index (χ1v) is 6.97. The number of thiophene rings is 1. The maximum atomic E-state index is 11.8. The molecule has 1 aliphatic rings. The van der Waals surface area contributed by atoms with Crippen molar-refractivity contribution in [3.8, 4) is 0 Å². The molecule has 1 aromatic rings. The summed E-state index contributed by atoms with van der Waals surface area (Å²) in [6, 6.07) is 3.77. The van der Waals surface area contributed by atoms with Gasteiger partial charge in [-0.25, -0.2) is 0 Å². The lowest BCUT2D eigenvalue weighted by Gasteiger charge is -2.28. The van der Waals surface area contributed by atoms with Gasteiger partial charge in [0.15, 0.2) is 0 Å². The van der Waals surface area contributed by atoms with Crippen LogP contribution in [-0.2, 0) is 16.1 Å². The number of imide groups is 1. The molecule has 0 aliphatic carbocycles. The number of nitrogens with one attached hydrogen (secondary N) is 1. The molecule has 1 aliphatic heterocycles. The fraction of sp³-hybridized carbons (Fsp3) is 0.455. The zero-order valence-electron chi connectivity index (χ0n) is 9.40. The zero-order chi connectivity index (χ0) is 12.4. The van der Waals surface area contributed by atoms with Gasteiger partial charge in [-0.2, -0.15) is 0 Å². The molecule has 2 heterocycles. The number of carbonyl (C=O) groups excluding carboxylic acids is 2. The van der Waals surface area contributed by atoms with Crippen molar-refractivity contribution >= 4 is 39.1 Å². The van der Waals surface area contributed by atoms with E-state index in [9.17, 15) is 9.59 Å². The second-order valence-corrected chi connectivity index (χ2v) is 6.52. The van der Waals surface area contributed by atoms with Crippen LogP contribution in [-0.4, -0.2) is 29.8 Å². The summed E-state index contributed by atoms with van der Waals surface area (Å²) < 4.78 is 1.08. The summed E-state index contributed by atoms with van der Waals surface area (Å²) in [4.78, 5) is 25.5. The number of hydrogen-bond acceptors (Lipinski definition) is 4. The van der Waals surface area contributed by atoms with Crippen LogP contribution in [0, 0.1) is 0 Å². The van der Waals surface area contributed by atoms with Crippen molar-refractivity contribution in [3.63, 3.8) is 0 Å². The van der Waals surface area contributed by atoms with Gasteiger partial charge in [0.1, 0.15) is 0 Å². The Labute approximate surface area is 112 Å². The van der Waals surface area contributed by atoms with Crippen molar-refractivity contribution in [2.75, 3.05) is 7.05 Å². The molecule has 1 aromatic heterocycles. The zero-order valence-corrected chi connectivity index (χ0v) is 11.8. The minimum absolute atomic E-state index is 0.0908.